The van der Waals surface area contributed by atoms with Gasteiger partial charge in [0, 0.05) is 12.8 Å². The van der Waals surface area contributed by atoms with Crippen LogP contribution in [0.4, 0.5) is 0 Å². The second kappa shape index (κ2) is 73.7. The molecule has 1 atom stereocenters. The van der Waals surface area contributed by atoms with E-state index in [0.29, 0.717) is 12.8 Å². The van der Waals surface area contributed by atoms with Gasteiger partial charge in [-0.15, -0.1) is 0 Å². The fourth-order valence-electron chi connectivity index (χ4n) is 8.98. The lowest BCUT2D eigenvalue weighted by Gasteiger charge is -2.15. The summed E-state index contributed by atoms with van der Waals surface area (Å²) in [7, 11) is 0. The molecule has 0 aliphatic carbocycles. The van der Waals surface area contributed by atoms with Crippen molar-refractivity contribution in [3.05, 3.63) is 207 Å². The molecule has 0 bridgehead atoms. The first-order valence-electron chi connectivity index (χ1n) is 34.6. The van der Waals surface area contributed by atoms with Crippen molar-refractivity contribution in [3.63, 3.8) is 0 Å². The highest BCUT2D eigenvalue weighted by atomic mass is 16.6. The molecule has 0 radical (unpaired) electrons. The van der Waals surface area contributed by atoms with Crippen LogP contribution in [0.3, 0.4) is 0 Å². The number of unbranched alkanes of at least 4 members (excludes halogenated alkanes) is 19. The van der Waals surface area contributed by atoms with E-state index in [9.17, 15) is 14.7 Å². The van der Waals surface area contributed by atoms with Crippen LogP contribution < -0.4 is 0 Å². The molecule has 5 nitrogen and oxygen atoms in total. The maximum Gasteiger partial charge on any atom is 0.306 e. The SMILES string of the molecule is CC/C=C\C/C=C\C/C=C\C/C=C\C/C=C\C/C=C\C/C=C\C/C=C\C/C=C\CCCCCCCC(=O)OC(CO)COC(=O)CCCCCCCCCCCCCCCC/C=C\C/C=C\C/C=C\C/C=C\C/C=C\C/C=C\C/C=C\C/C=C\CC. The molecule has 480 valence electrons. The van der Waals surface area contributed by atoms with Gasteiger partial charge in [0.15, 0.2) is 6.10 Å². The quantitative estimate of drug-likeness (QED) is 0.0373. The summed E-state index contributed by atoms with van der Waals surface area (Å²) < 4.78 is 10.7. The van der Waals surface area contributed by atoms with Gasteiger partial charge in [0.2, 0.25) is 0 Å². The van der Waals surface area contributed by atoms with Crippen molar-refractivity contribution in [2.45, 2.75) is 277 Å². The van der Waals surface area contributed by atoms with Crippen molar-refractivity contribution in [2.75, 3.05) is 13.2 Å². The second-order valence-corrected chi connectivity index (χ2v) is 22.1. The van der Waals surface area contributed by atoms with Gasteiger partial charge in [-0.1, -0.05) is 317 Å². The molecule has 0 fully saturated rings. The van der Waals surface area contributed by atoms with Crippen LogP contribution in [0.5, 0.6) is 0 Å². The van der Waals surface area contributed by atoms with E-state index in [1.54, 1.807) is 0 Å². The number of rotatable bonds is 61. The Hall–Kier alpha value is -5.52. The number of hydrogen-bond donors (Lipinski definition) is 1. The average Bonchev–Trinajstić information content (AvgIpc) is 3.55. The van der Waals surface area contributed by atoms with Crippen LogP contribution in [0, 0.1) is 0 Å². The van der Waals surface area contributed by atoms with E-state index in [2.05, 4.69) is 220 Å². The topological polar surface area (TPSA) is 72.8 Å². The lowest BCUT2D eigenvalue weighted by molar-refractivity contribution is -0.161. The van der Waals surface area contributed by atoms with Gasteiger partial charge in [0.05, 0.1) is 6.61 Å². The van der Waals surface area contributed by atoms with Crippen molar-refractivity contribution >= 4 is 11.9 Å². The molecular formula is C81H126O5. The van der Waals surface area contributed by atoms with Crippen LogP contribution in [0.25, 0.3) is 0 Å². The zero-order valence-corrected chi connectivity index (χ0v) is 55.0. The molecule has 1 unspecified atom stereocenters. The minimum absolute atomic E-state index is 0.0863. The summed E-state index contributed by atoms with van der Waals surface area (Å²) in [4.78, 5) is 24.7. The van der Waals surface area contributed by atoms with Crippen LogP contribution >= 0.6 is 0 Å². The summed E-state index contributed by atoms with van der Waals surface area (Å²) in [5, 5.41) is 9.70. The van der Waals surface area contributed by atoms with Crippen molar-refractivity contribution in [1.82, 2.24) is 0 Å². The molecule has 0 aliphatic heterocycles. The monoisotopic (exact) mass is 1180 g/mol. The third-order valence-electron chi connectivity index (χ3n) is 14.1. The fraction of sp³-hybridized carbons (Fsp3) is 0.556. The normalized spacial score (nSPS) is 13.6. The molecule has 5 heteroatoms. The largest absolute Gasteiger partial charge is 0.462 e. The highest BCUT2D eigenvalue weighted by Gasteiger charge is 2.16. The van der Waals surface area contributed by atoms with E-state index < -0.39 is 6.10 Å². The number of aliphatic hydroxyl groups is 1. The third-order valence-corrected chi connectivity index (χ3v) is 14.1. The van der Waals surface area contributed by atoms with E-state index >= 15 is 0 Å². The van der Waals surface area contributed by atoms with Crippen molar-refractivity contribution in [3.8, 4) is 0 Å². The summed E-state index contributed by atoms with van der Waals surface area (Å²) >= 11 is 0. The minimum Gasteiger partial charge on any atom is -0.462 e. The Morgan fingerprint density at radius 2 is 0.465 bits per heavy atom. The van der Waals surface area contributed by atoms with E-state index in [-0.39, 0.29) is 25.2 Å². The van der Waals surface area contributed by atoms with Gasteiger partial charge in [-0.2, -0.15) is 0 Å². The minimum atomic E-state index is -0.800. The van der Waals surface area contributed by atoms with Crippen molar-refractivity contribution < 1.29 is 24.2 Å². The molecule has 0 aromatic heterocycles. The summed E-state index contributed by atoms with van der Waals surface area (Å²) in [6, 6.07) is 0. The van der Waals surface area contributed by atoms with Gasteiger partial charge >= 0.3 is 11.9 Å². The first kappa shape index (κ1) is 80.5. The van der Waals surface area contributed by atoms with Crippen molar-refractivity contribution in [1.29, 1.82) is 0 Å². The lowest BCUT2D eigenvalue weighted by atomic mass is 10.0. The Labute approximate surface area is 530 Å². The first-order chi connectivity index (χ1) is 42.6. The standard InChI is InChI=1S/C81H126O5/c1-3-5-7-9-11-13-15-17-19-21-23-25-27-29-31-33-35-37-38-39-40-41-42-44-45-47-49-51-53-55-57-59-61-63-65-67-69-71-73-75-80(83)85-78-79(77-82)86-81(84)76-74-72-70-68-66-64-62-60-58-56-54-52-50-48-46-43-36-34-32-30-28-26-24-22-20-18-16-14-12-10-8-6-4-2/h5-8,11-14,17-20,23-26,29-32,35-37,39-40,42-44,48,50,54,56,60,62,79,82H,3-4,9-10,15-16,21-22,27-28,33-34,38,41,45-47,49,51-53,55,57-59,61,63-78H2,1-2H3/b7-5-,8-6-,13-11-,14-12-,19-17-,20-18-,25-23-,26-24-,31-29-,32-30-,37-35-,40-39-,43-36-,44-42-,50-48-,56-54-,62-60-. The summed E-state index contributed by atoms with van der Waals surface area (Å²) in [5.74, 6) is -0.624. The van der Waals surface area contributed by atoms with Gasteiger partial charge in [-0.3, -0.25) is 9.59 Å². The number of hydrogen-bond acceptors (Lipinski definition) is 5. The molecule has 0 aliphatic rings. The first-order valence-corrected chi connectivity index (χ1v) is 34.6. The van der Waals surface area contributed by atoms with Gasteiger partial charge < -0.3 is 14.6 Å². The second-order valence-electron chi connectivity index (χ2n) is 22.1. The Balaban J connectivity index is 3.60. The molecule has 0 saturated carbocycles. The molecule has 0 aromatic carbocycles. The van der Waals surface area contributed by atoms with E-state index in [0.717, 1.165) is 167 Å². The highest BCUT2D eigenvalue weighted by molar-refractivity contribution is 5.70. The van der Waals surface area contributed by atoms with E-state index in [4.69, 9.17) is 9.47 Å². The Kier molecular flexibility index (Phi) is 69.0. The molecule has 0 saturated heterocycles. The van der Waals surface area contributed by atoms with Crippen LogP contribution in [0.15, 0.2) is 207 Å². The van der Waals surface area contributed by atoms with Gasteiger partial charge in [-0.05, 0) is 148 Å². The number of allylic oxidation sites excluding steroid dienone is 34. The molecule has 0 aromatic rings. The van der Waals surface area contributed by atoms with Crippen LogP contribution in [-0.4, -0.2) is 36.4 Å². The van der Waals surface area contributed by atoms with Crippen LogP contribution in [-0.2, 0) is 19.1 Å². The molecular weight excluding hydrogens is 1050 g/mol. The predicted molar refractivity (Wildman–Crippen MR) is 379 cm³/mol. The zero-order valence-electron chi connectivity index (χ0n) is 55.0. The number of ether oxygens (including phenoxy) is 2. The average molecular weight is 1180 g/mol. The van der Waals surface area contributed by atoms with Gasteiger partial charge in [0.1, 0.15) is 6.61 Å². The molecule has 1 N–H and O–H groups in total. The van der Waals surface area contributed by atoms with Gasteiger partial charge in [0.25, 0.3) is 0 Å². The zero-order chi connectivity index (χ0) is 61.9. The third kappa shape index (κ3) is 71.0. The van der Waals surface area contributed by atoms with Gasteiger partial charge in [-0.25, -0.2) is 0 Å². The lowest BCUT2D eigenvalue weighted by Crippen LogP contribution is -2.28. The van der Waals surface area contributed by atoms with E-state index in [1.165, 1.54) is 77.0 Å². The maximum absolute atomic E-state index is 12.4. The maximum atomic E-state index is 12.4. The van der Waals surface area contributed by atoms with Crippen LogP contribution in [0.2, 0.25) is 0 Å². The molecule has 86 heavy (non-hydrogen) atoms. The Morgan fingerprint density at radius 3 is 0.698 bits per heavy atom. The summed E-state index contributed by atoms with van der Waals surface area (Å²) in [6.45, 7) is 3.89. The number of carbonyl (C=O) groups is 2. The molecule has 0 amide bonds. The summed E-state index contributed by atoms with van der Waals surface area (Å²) in [6.07, 6.45) is 118. The Bertz CT molecular complexity index is 2020. The molecule has 0 rings (SSSR count). The highest BCUT2D eigenvalue weighted by Crippen LogP contribution is 2.15. The Morgan fingerprint density at radius 1 is 0.267 bits per heavy atom. The van der Waals surface area contributed by atoms with Crippen LogP contribution in [0.1, 0.15) is 271 Å². The van der Waals surface area contributed by atoms with E-state index in [1.807, 2.05) is 0 Å². The van der Waals surface area contributed by atoms with Crippen molar-refractivity contribution in [2.24, 2.45) is 0 Å². The predicted octanol–water partition coefficient (Wildman–Crippen LogP) is 24.5. The molecule has 0 spiro atoms. The molecule has 0 heterocycles. The fourth-order valence-corrected chi connectivity index (χ4v) is 8.98. The summed E-state index contributed by atoms with van der Waals surface area (Å²) in [5.41, 5.74) is 0. The number of esters is 2. The number of aliphatic hydroxyl groups excluding tert-OH is 1. The number of carbonyl (C=O) groups excluding carboxylic acids is 2. The smallest absolute Gasteiger partial charge is 0.306 e.